The second kappa shape index (κ2) is 5.31. The summed E-state index contributed by atoms with van der Waals surface area (Å²) in [5, 5.41) is -0.438. The summed E-state index contributed by atoms with van der Waals surface area (Å²) in [4.78, 5) is 10.9. The van der Waals surface area contributed by atoms with Crippen molar-refractivity contribution in [2.24, 2.45) is 5.73 Å². The van der Waals surface area contributed by atoms with Gasteiger partial charge >= 0.3 is 5.97 Å². The lowest BCUT2D eigenvalue weighted by Crippen LogP contribution is -2.34. The average molecular weight is 223 g/mol. The van der Waals surface area contributed by atoms with Gasteiger partial charge < -0.3 is 10.5 Å². The summed E-state index contributed by atoms with van der Waals surface area (Å²) in [6.45, 7) is 3.19. The summed E-state index contributed by atoms with van der Waals surface area (Å²) in [7, 11) is -1.90. The summed E-state index contributed by atoms with van der Waals surface area (Å²) in [5.74, 6) is -0.662. The number of nitrogens with two attached hydrogens (primary N) is 1. The van der Waals surface area contributed by atoms with E-state index in [0.717, 1.165) is 0 Å². The van der Waals surface area contributed by atoms with Gasteiger partial charge in [-0.25, -0.2) is 8.42 Å². The van der Waals surface area contributed by atoms with Gasteiger partial charge in [-0.05, 0) is 20.3 Å². The minimum Gasteiger partial charge on any atom is -0.468 e. The number of methoxy groups -OCH3 is 1. The molecule has 0 fully saturated rings. The highest BCUT2D eigenvalue weighted by atomic mass is 32.2. The molecule has 0 bridgehead atoms. The number of sulfone groups is 1. The molecule has 0 heterocycles. The van der Waals surface area contributed by atoms with Gasteiger partial charge in [0.2, 0.25) is 0 Å². The number of hydrogen-bond acceptors (Lipinski definition) is 5. The molecule has 0 saturated heterocycles. The SMILES string of the molecule is COC(=O)C(N)CCS(=O)(=O)C(C)C. The smallest absolute Gasteiger partial charge is 0.322 e. The van der Waals surface area contributed by atoms with Crippen LogP contribution < -0.4 is 5.73 Å². The lowest BCUT2D eigenvalue weighted by Gasteiger charge is -2.11. The predicted octanol–water partition coefficient (Wildman–Crippen LogP) is -0.300. The molecule has 1 atom stereocenters. The summed E-state index contributed by atoms with van der Waals surface area (Å²) >= 11 is 0. The minimum absolute atomic E-state index is 0.0824. The third-order valence-corrected chi connectivity index (χ3v) is 4.18. The van der Waals surface area contributed by atoms with Gasteiger partial charge in [-0.15, -0.1) is 0 Å². The molecule has 2 N–H and O–H groups in total. The molecule has 0 aromatic rings. The summed E-state index contributed by atoms with van der Waals surface area (Å²) in [6.07, 6.45) is 0.104. The number of esters is 1. The molecular formula is C8H17NO4S. The Bertz CT molecular complexity index is 284. The van der Waals surface area contributed by atoms with Crippen LogP contribution in [0.5, 0.6) is 0 Å². The van der Waals surface area contributed by atoms with Crippen molar-refractivity contribution in [3.05, 3.63) is 0 Å². The Balaban J connectivity index is 4.14. The molecule has 0 rings (SSSR count). The number of ether oxygens (including phenoxy) is 1. The average Bonchev–Trinajstić information content (AvgIpc) is 2.12. The molecule has 0 aromatic heterocycles. The molecule has 0 saturated carbocycles. The van der Waals surface area contributed by atoms with Crippen LogP contribution >= 0.6 is 0 Å². The van der Waals surface area contributed by atoms with E-state index < -0.39 is 27.1 Å². The molecule has 0 aliphatic heterocycles. The number of carbonyl (C=O) groups is 1. The summed E-state index contributed by atoms with van der Waals surface area (Å²) < 4.78 is 27.1. The van der Waals surface area contributed by atoms with Crippen LogP contribution in [-0.2, 0) is 19.4 Å². The molecular weight excluding hydrogens is 206 g/mol. The van der Waals surface area contributed by atoms with Gasteiger partial charge in [0, 0.05) is 0 Å². The first kappa shape index (κ1) is 13.4. The molecule has 6 heteroatoms. The van der Waals surface area contributed by atoms with Crippen molar-refractivity contribution in [3.63, 3.8) is 0 Å². The molecule has 0 aliphatic carbocycles. The van der Waals surface area contributed by atoms with Crippen LogP contribution in [0.3, 0.4) is 0 Å². The highest BCUT2D eigenvalue weighted by Crippen LogP contribution is 2.04. The molecule has 0 spiro atoms. The lowest BCUT2D eigenvalue weighted by atomic mass is 10.2. The minimum atomic E-state index is -3.12. The Labute approximate surface area is 84.5 Å². The maximum atomic E-state index is 11.3. The van der Waals surface area contributed by atoms with Crippen molar-refractivity contribution < 1.29 is 17.9 Å². The number of hydrogen-bond donors (Lipinski definition) is 1. The summed E-state index contributed by atoms with van der Waals surface area (Å²) in [6, 6.07) is -0.853. The maximum absolute atomic E-state index is 11.3. The van der Waals surface area contributed by atoms with Crippen LogP contribution in [0.4, 0.5) is 0 Å². The van der Waals surface area contributed by atoms with Gasteiger partial charge in [0.15, 0.2) is 9.84 Å². The van der Waals surface area contributed by atoms with Crippen LogP contribution in [0.25, 0.3) is 0 Å². The first-order valence-electron chi connectivity index (χ1n) is 4.36. The van der Waals surface area contributed by atoms with Crippen molar-refractivity contribution in [2.45, 2.75) is 31.6 Å². The Morgan fingerprint density at radius 3 is 2.29 bits per heavy atom. The molecule has 0 aliphatic rings. The fourth-order valence-electron chi connectivity index (χ4n) is 0.796. The first-order valence-corrected chi connectivity index (χ1v) is 6.07. The highest BCUT2D eigenvalue weighted by Gasteiger charge is 2.20. The second-order valence-electron chi connectivity index (χ2n) is 3.33. The largest absolute Gasteiger partial charge is 0.468 e. The van der Waals surface area contributed by atoms with E-state index in [1.165, 1.54) is 7.11 Å². The van der Waals surface area contributed by atoms with E-state index in [2.05, 4.69) is 4.74 Å². The maximum Gasteiger partial charge on any atom is 0.322 e. The zero-order valence-corrected chi connectivity index (χ0v) is 9.50. The lowest BCUT2D eigenvalue weighted by molar-refractivity contribution is -0.142. The van der Waals surface area contributed by atoms with Gasteiger partial charge in [0.1, 0.15) is 6.04 Å². The number of rotatable bonds is 5. The van der Waals surface area contributed by atoms with Gasteiger partial charge in [-0.2, -0.15) is 0 Å². The molecule has 84 valence electrons. The van der Waals surface area contributed by atoms with E-state index in [0.29, 0.717) is 0 Å². The fraction of sp³-hybridized carbons (Fsp3) is 0.875. The zero-order valence-electron chi connectivity index (χ0n) is 8.69. The van der Waals surface area contributed by atoms with Gasteiger partial charge in [-0.1, -0.05) is 0 Å². The van der Waals surface area contributed by atoms with E-state index in [9.17, 15) is 13.2 Å². The molecule has 0 radical (unpaired) electrons. The zero-order chi connectivity index (χ0) is 11.4. The van der Waals surface area contributed by atoms with E-state index >= 15 is 0 Å². The Hall–Kier alpha value is -0.620. The fourth-order valence-corrected chi connectivity index (χ4v) is 1.85. The Morgan fingerprint density at radius 1 is 1.43 bits per heavy atom. The molecule has 1 unspecified atom stereocenters. The predicted molar refractivity (Wildman–Crippen MR) is 53.5 cm³/mol. The molecule has 0 aromatic carbocycles. The third kappa shape index (κ3) is 4.06. The highest BCUT2D eigenvalue weighted by molar-refractivity contribution is 7.91. The van der Waals surface area contributed by atoms with Crippen LogP contribution in [0.2, 0.25) is 0 Å². The van der Waals surface area contributed by atoms with Crippen molar-refractivity contribution in [3.8, 4) is 0 Å². The summed E-state index contributed by atoms with van der Waals surface area (Å²) in [5.41, 5.74) is 5.40. The van der Waals surface area contributed by atoms with E-state index in [-0.39, 0.29) is 12.2 Å². The van der Waals surface area contributed by atoms with Crippen molar-refractivity contribution in [2.75, 3.05) is 12.9 Å². The van der Waals surface area contributed by atoms with Gasteiger partial charge in [-0.3, -0.25) is 4.79 Å². The Morgan fingerprint density at radius 2 is 1.93 bits per heavy atom. The van der Waals surface area contributed by atoms with Crippen LogP contribution in [0.1, 0.15) is 20.3 Å². The standard InChI is InChI=1S/C8H17NO4S/c1-6(2)14(11,12)5-4-7(9)8(10)13-3/h6-7H,4-5,9H2,1-3H3. The topological polar surface area (TPSA) is 86.5 Å². The third-order valence-electron chi connectivity index (χ3n) is 1.94. The van der Waals surface area contributed by atoms with Crippen molar-refractivity contribution >= 4 is 15.8 Å². The quantitative estimate of drug-likeness (QED) is 0.647. The van der Waals surface area contributed by atoms with E-state index in [1.807, 2.05) is 0 Å². The first-order chi connectivity index (χ1) is 6.31. The van der Waals surface area contributed by atoms with E-state index in [4.69, 9.17) is 5.73 Å². The van der Waals surface area contributed by atoms with Crippen molar-refractivity contribution in [1.82, 2.24) is 0 Å². The van der Waals surface area contributed by atoms with E-state index in [1.54, 1.807) is 13.8 Å². The molecule has 5 nitrogen and oxygen atoms in total. The van der Waals surface area contributed by atoms with Crippen LogP contribution in [0, 0.1) is 0 Å². The Kier molecular flexibility index (Phi) is 5.07. The van der Waals surface area contributed by atoms with Gasteiger partial charge in [0.05, 0.1) is 18.1 Å². The molecule has 14 heavy (non-hydrogen) atoms. The number of carbonyl (C=O) groups excluding carboxylic acids is 1. The van der Waals surface area contributed by atoms with Gasteiger partial charge in [0.25, 0.3) is 0 Å². The second-order valence-corrected chi connectivity index (χ2v) is 6.01. The monoisotopic (exact) mass is 223 g/mol. The normalized spacial score (nSPS) is 14.1. The van der Waals surface area contributed by atoms with Crippen LogP contribution in [0.15, 0.2) is 0 Å². The van der Waals surface area contributed by atoms with Crippen molar-refractivity contribution in [1.29, 1.82) is 0 Å². The molecule has 0 amide bonds. The van der Waals surface area contributed by atoms with Crippen LogP contribution in [-0.4, -0.2) is 38.5 Å².